The topological polar surface area (TPSA) is 35.2 Å². The number of ether oxygens (including phenoxy) is 1. The first-order chi connectivity index (χ1) is 7.94. The molecule has 3 heteroatoms. The van der Waals surface area contributed by atoms with Crippen LogP contribution in [0.25, 0.3) is 0 Å². The molecule has 0 aliphatic carbocycles. The molecular formula is C14H22ClNO. The van der Waals surface area contributed by atoms with Gasteiger partial charge in [-0.2, -0.15) is 0 Å². The number of nitrogens with two attached hydrogens (primary N) is 1. The Morgan fingerprint density at radius 2 is 1.94 bits per heavy atom. The second kappa shape index (κ2) is 6.39. The third-order valence-electron chi connectivity index (χ3n) is 2.63. The largest absolute Gasteiger partial charge is 0.376 e. The molecule has 1 rings (SSSR count). The lowest BCUT2D eigenvalue weighted by Crippen LogP contribution is -2.22. The van der Waals surface area contributed by atoms with E-state index in [1.54, 1.807) is 0 Å². The molecule has 0 heterocycles. The Labute approximate surface area is 109 Å². The predicted molar refractivity (Wildman–Crippen MR) is 73.6 cm³/mol. The van der Waals surface area contributed by atoms with Crippen LogP contribution in [0, 0.1) is 0 Å². The van der Waals surface area contributed by atoms with E-state index in [0.29, 0.717) is 13.2 Å². The Balaban J connectivity index is 2.58. The fourth-order valence-electron chi connectivity index (χ4n) is 1.71. The summed E-state index contributed by atoms with van der Waals surface area (Å²) < 4.78 is 5.72. The molecule has 0 aliphatic rings. The fraction of sp³-hybridized carbons (Fsp3) is 0.571. The van der Waals surface area contributed by atoms with Crippen molar-refractivity contribution in [3.05, 3.63) is 34.9 Å². The maximum Gasteiger partial charge on any atom is 0.0598 e. The highest BCUT2D eigenvalue weighted by Gasteiger charge is 2.15. The van der Waals surface area contributed by atoms with Crippen molar-refractivity contribution in [1.82, 2.24) is 0 Å². The summed E-state index contributed by atoms with van der Waals surface area (Å²) in [4.78, 5) is 0. The molecular weight excluding hydrogens is 234 g/mol. The highest BCUT2D eigenvalue weighted by molar-refractivity contribution is 6.31. The van der Waals surface area contributed by atoms with Crippen molar-refractivity contribution in [1.29, 1.82) is 0 Å². The molecule has 0 amide bonds. The van der Waals surface area contributed by atoms with Gasteiger partial charge in [0.25, 0.3) is 0 Å². The monoisotopic (exact) mass is 255 g/mol. The standard InChI is InChI=1S/C14H22ClNO/c1-14(2,3)17-9-8-11(10-16)12-6-4-5-7-13(12)15/h4-7,11H,8-10,16H2,1-3H3. The van der Waals surface area contributed by atoms with Crippen LogP contribution in [0.1, 0.15) is 38.7 Å². The zero-order valence-corrected chi connectivity index (χ0v) is 11.6. The van der Waals surface area contributed by atoms with Crippen LogP contribution in [0.2, 0.25) is 5.02 Å². The molecule has 0 fully saturated rings. The molecule has 0 aliphatic heterocycles. The van der Waals surface area contributed by atoms with Gasteiger partial charge < -0.3 is 10.5 Å². The van der Waals surface area contributed by atoms with Gasteiger partial charge in [-0.25, -0.2) is 0 Å². The SMILES string of the molecule is CC(C)(C)OCCC(CN)c1ccccc1Cl. The normalized spacial score (nSPS) is 13.7. The molecule has 0 aromatic heterocycles. The van der Waals surface area contributed by atoms with E-state index < -0.39 is 0 Å². The van der Waals surface area contributed by atoms with Crippen LogP contribution in [0.4, 0.5) is 0 Å². The van der Waals surface area contributed by atoms with E-state index in [4.69, 9.17) is 22.1 Å². The molecule has 0 saturated carbocycles. The van der Waals surface area contributed by atoms with Gasteiger partial charge >= 0.3 is 0 Å². The third-order valence-corrected chi connectivity index (χ3v) is 2.98. The molecule has 1 aromatic carbocycles. The number of rotatable bonds is 5. The Hall–Kier alpha value is -0.570. The van der Waals surface area contributed by atoms with Gasteiger partial charge in [-0.15, -0.1) is 0 Å². The number of benzene rings is 1. The van der Waals surface area contributed by atoms with Gasteiger partial charge in [0, 0.05) is 11.6 Å². The zero-order chi connectivity index (χ0) is 12.9. The van der Waals surface area contributed by atoms with E-state index in [-0.39, 0.29) is 11.5 Å². The van der Waals surface area contributed by atoms with Crippen molar-refractivity contribution in [3.8, 4) is 0 Å². The summed E-state index contributed by atoms with van der Waals surface area (Å²) in [6.07, 6.45) is 0.900. The van der Waals surface area contributed by atoms with E-state index in [0.717, 1.165) is 17.0 Å². The summed E-state index contributed by atoms with van der Waals surface area (Å²) in [6, 6.07) is 7.88. The minimum Gasteiger partial charge on any atom is -0.376 e. The number of hydrogen-bond donors (Lipinski definition) is 1. The molecule has 17 heavy (non-hydrogen) atoms. The second-order valence-electron chi connectivity index (χ2n) is 5.20. The average Bonchev–Trinajstić information content (AvgIpc) is 2.24. The molecule has 0 saturated heterocycles. The predicted octanol–water partition coefficient (Wildman–Crippen LogP) is 3.59. The van der Waals surface area contributed by atoms with E-state index in [1.165, 1.54) is 0 Å². The summed E-state index contributed by atoms with van der Waals surface area (Å²) in [6.45, 7) is 7.47. The van der Waals surface area contributed by atoms with Crippen molar-refractivity contribution in [2.45, 2.75) is 38.7 Å². The molecule has 1 unspecified atom stereocenters. The van der Waals surface area contributed by atoms with Gasteiger partial charge in [-0.05, 0) is 51.3 Å². The highest BCUT2D eigenvalue weighted by atomic mass is 35.5. The molecule has 0 radical (unpaired) electrons. The lowest BCUT2D eigenvalue weighted by atomic mass is 9.96. The van der Waals surface area contributed by atoms with Crippen LogP contribution in [0.5, 0.6) is 0 Å². The second-order valence-corrected chi connectivity index (χ2v) is 5.61. The molecule has 0 spiro atoms. The third kappa shape index (κ3) is 5.07. The van der Waals surface area contributed by atoms with Crippen molar-refractivity contribution in [2.24, 2.45) is 5.73 Å². The number of hydrogen-bond acceptors (Lipinski definition) is 2. The minimum absolute atomic E-state index is 0.0976. The lowest BCUT2D eigenvalue weighted by molar-refractivity contribution is -0.00601. The molecule has 2 N–H and O–H groups in total. The molecule has 2 nitrogen and oxygen atoms in total. The molecule has 1 atom stereocenters. The van der Waals surface area contributed by atoms with Gasteiger partial charge in [0.1, 0.15) is 0 Å². The van der Waals surface area contributed by atoms with E-state index >= 15 is 0 Å². The molecule has 1 aromatic rings. The lowest BCUT2D eigenvalue weighted by Gasteiger charge is -2.22. The maximum absolute atomic E-state index is 6.17. The summed E-state index contributed by atoms with van der Waals surface area (Å²) in [5.41, 5.74) is 6.83. The first kappa shape index (κ1) is 14.5. The Kier molecular flexibility index (Phi) is 5.44. The van der Waals surface area contributed by atoms with Gasteiger partial charge in [0.15, 0.2) is 0 Å². The van der Waals surface area contributed by atoms with Crippen molar-refractivity contribution in [2.75, 3.05) is 13.2 Å². The van der Waals surface area contributed by atoms with Gasteiger partial charge in [-0.3, -0.25) is 0 Å². The summed E-state index contributed by atoms with van der Waals surface area (Å²) in [7, 11) is 0. The quantitative estimate of drug-likeness (QED) is 0.873. The molecule has 96 valence electrons. The van der Waals surface area contributed by atoms with Crippen molar-refractivity contribution < 1.29 is 4.74 Å². The fourth-order valence-corrected chi connectivity index (χ4v) is 2.00. The van der Waals surface area contributed by atoms with Crippen LogP contribution >= 0.6 is 11.6 Å². The van der Waals surface area contributed by atoms with Crippen LogP contribution in [-0.2, 0) is 4.74 Å². The summed E-state index contributed by atoms with van der Waals surface area (Å²) >= 11 is 6.17. The van der Waals surface area contributed by atoms with Crippen LogP contribution < -0.4 is 5.73 Å². The first-order valence-corrected chi connectivity index (χ1v) is 6.40. The molecule has 0 bridgehead atoms. The summed E-state index contributed by atoms with van der Waals surface area (Å²) in [5.74, 6) is 0.269. The summed E-state index contributed by atoms with van der Waals surface area (Å²) in [5, 5.41) is 0.790. The van der Waals surface area contributed by atoms with E-state index in [2.05, 4.69) is 20.8 Å². The maximum atomic E-state index is 6.17. The van der Waals surface area contributed by atoms with Crippen LogP contribution in [0.15, 0.2) is 24.3 Å². The zero-order valence-electron chi connectivity index (χ0n) is 10.9. The smallest absolute Gasteiger partial charge is 0.0598 e. The Morgan fingerprint density at radius 3 is 2.47 bits per heavy atom. The Bertz CT molecular complexity index is 346. The van der Waals surface area contributed by atoms with Gasteiger partial charge in [0.05, 0.1) is 5.60 Å². The van der Waals surface area contributed by atoms with Crippen molar-refractivity contribution in [3.63, 3.8) is 0 Å². The van der Waals surface area contributed by atoms with Crippen LogP contribution in [-0.4, -0.2) is 18.8 Å². The van der Waals surface area contributed by atoms with Gasteiger partial charge in [-0.1, -0.05) is 29.8 Å². The average molecular weight is 256 g/mol. The minimum atomic E-state index is -0.0976. The van der Waals surface area contributed by atoms with Crippen molar-refractivity contribution >= 4 is 11.6 Å². The van der Waals surface area contributed by atoms with Crippen LogP contribution in [0.3, 0.4) is 0 Å². The van der Waals surface area contributed by atoms with E-state index in [1.807, 2.05) is 24.3 Å². The van der Waals surface area contributed by atoms with Gasteiger partial charge in [0.2, 0.25) is 0 Å². The Morgan fingerprint density at radius 1 is 1.29 bits per heavy atom. The number of halogens is 1. The van der Waals surface area contributed by atoms with E-state index in [9.17, 15) is 0 Å². The highest BCUT2D eigenvalue weighted by Crippen LogP contribution is 2.26. The first-order valence-electron chi connectivity index (χ1n) is 6.02.